The number of halogens is 1. The Kier molecular flexibility index (Phi) is 3.87. The summed E-state index contributed by atoms with van der Waals surface area (Å²) in [6, 6.07) is 3.60. The normalized spacial score (nSPS) is 20.4. The van der Waals surface area contributed by atoms with Gasteiger partial charge in [-0.05, 0) is 34.7 Å². The minimum absolute atomic E-state index is 0.114. The Morgan fingerprint density at radius 1 is 1.50 bits per heavy atom. The summed E-state index contributed by atoms with van der Waals surface area (Å²) in [5, 5.41) is 4.99. The van der Waals surface area contributed by atoms with E-state index in [9.17, 15) is 13.2 Å². The van der Waals surface area contributed by atoms with Gasteiger partial charge in [-0.3, -0.25) is 9.69 Å². The van der Waals surface area contributed by atoms with Crippen LogP contribution in [-0.2, 0) is 14.8 Å². The monoisotopic (exact) mass is 381 g/mol. The maximum Gasteiger partial charge on any atom is 0.228 e. The molecule has 1 aliphatic heterocycles. The van der Waals surface area contributed by atoms with Gasteiger partial charge in [-0.25, -0.2) is 18.5 Å². The zero-order chi connectivity index (χ0) is 13.3. The first kappa shape index (κ1) is 13.7. The van der Waals surface area contributed by atoms with Gasteiger partial charge < -0.3 is 0 Å². The van der Waals surface area contributed by atoms with Gasteiger partial charge >= 0.3 is 0 Å². The molecule has 8 heteroatoms. The van der Waals surface area contributed by atoms with Gasteiger partial charge in [0.1, 0.15) is 5.82 Å². The van der Waals surface area contributed by atoms with Crippen molar-refractivity contribution in [2.24, 2.45) is 11.1 Å². The maximum atomic E-state index is 11.8. The summed E-state index contributed by atoms with van der Waals surface area (Å²) in [5.41, 5.74) is 0. The van der Waals surface area contributed by atoms with Crippen LogP contribution >= 0.6 is 22.6 Å². The van der Waals surface area contributed by atoms with Crippen LogP contribution in [0.2, 0.25) is 0 Å². The van der Waals surface area contributed by atoms with Crippen molar-refractivity contribution in [1.82, 2.24) is 4.98 Å². The number of primary sulfonamides is 1. The number of aromatic nitrogens is 1. The van der Waals surface area contributed by atoms with Crippen molar-refractivity contribution in [2.45, 2.75) is 6.42 Å². The second kappa shape index (κ2) is 5.10. The largest absolute Gasteiger partial charge is 0.296 e. The molecule has 0 aromatic carbocycles. The molecule has 2 rings (SSSR count). The number of carbonyl (C=O) groups excluding carboxylic acids is 1. The molecule has 2 N–H and O–H groups in total. The molecule has 98 valence electrons. The van der Waals surface area contributed by atoms with E-state index >= 15 is 0 Å². The molecule has 1 aromatic heterocycles. The highest BCUT2D eigenvalue weighted by atomic mass is 127. The standard InChI is InChI=1S/C10H12IN3O3S/c11-8-1-2-9(13-4-8)14-5-7(3-10(14)15)6-18(12,16)17/h1-2,4,7H,3,5-6H2,(H2,12,16,17). The number of nitrogens with zero attached hydrogens (tertiary/aromatic N) is 2. The third-order valence-corrected chi connectivity index (χ3v) is 4.24. The zero-order valence-corrected chi connectivity index (χ0v) is 12.4. The Morgan fingerprint density at radius 3 is 2.78 bits per heavy atom. The van der Waals surface area contributed by atoms with E-state index in [0.717, 1.165) is 3.57 Å². The van der Waals surface area contributed by atoms with Crippen molar-refractivity contribution in [2.75, 3.05) is 17.2 Å². The van der Waals surface area contributed by atoms with Crippen LogP contribution in [0.3, 0.4) is 0 Å². The number of nitrogens with two attached hydrogens (primary N) is 1. The van der Waals surface area contributed by atoms with E-state index in [1.54, 1.807) is 12.3 Å². The lowest BCUT2D eigenvalue weighted by Gasteiger charge is -2.15. The molecular weight excluding hydrogens is 369 g/mol. The Hall–Kier alpha value is -0.740. The minimum atomic E-state index is -3.54. The lowest BCUT2D eigenvalue weighted by molar-refractivity contribution is -0.117. The zero-order valence-electron chi connectivity index (χ0n) is 9.41. The van der Waals surface area contributed by atoms with Crippen LogP contribution in [0.25, 0.3) is 0 Å². The molecule has 0 aliphatic carbocycles. The van der Waals surface area contributed by atoms with Crippen molar-refractivity contribution in [1.29, 1.82) is 0 Å². The van der Waals surface area contributed by atoms with Crippen LogP contribution in [0.15, 0.2) is 18.3 Å². The number of anilines is 1. The first-order chi connectivity index (χ1) is 8.35. The van der Waals surface area contributed by atoms with Crippen LogP contribution in [0, 0.1) is 9.49 Å². The molecule has 2 heterocycles. The van der Waals surface area contributed by atoms with E-state index < -0.39 is 10.0 Å². The van der Waals surface area contributed by atoms with Gasteiger partial charge in [-0.1, -0.05) is 0 Å². The van der Waals surface area contributed by atoms with E-state index in [0.29, 0.717) is 12.4 Å². The summed E-state index contributed by atoms with van der Waals surface area (Å²) >= 11 is 2.13. The first-order valence-electron chi connectivity index (χ1n) is 5.27. The Labute approximate surface area is 119 Å². The fourth-order valence-corrected chi connectivity index (χ4v) is 3.17. The summed E-state index contributed by atoms with van der Waals surface area (Å²) < 4.78 is 23.0. The molecule has 6 nitrogen and oxygen atoms in total. The molecular formula is C10H12IN3O3S. The fourth-order valence-electron chi connectivity index (χ4n) is 1.97. The summed E-state index contributed by atoms with van der Waals surface area (Å²) in [4.78, 5) is 17.5. The molecule has 18 heavy (non-hydrogen) atoms. The summed E-state index contributed by atoms with van der Waals surface area (Å²) in [7, 11) is -3.54. The van der Waals surface area contributed by atoms with Crippen molar-refractivity contribution < 1.29 is 13.2 Å². The molecule has 0 radical (unpaired) electrons. The van der Waals surface area contributed by atoms with Crippen LogP contribution in [-0.4, -0.2) is 31.6 Å². The number of rotatable bonds is 3. The average molecular weight is 381 g/mol. The van der Waals surface area contributed by atoms with Gasteiger partial charge in [0, 0.05) is 28.7 Å². The average Bonchev–Trinajstić information content (AvgIpc) is 2.58. The van der Waals surface area contributed by atoms with E-state index in [4.69, 9.17) is 5.14 Å². The SMILES string of the molecule is NS(=O)(=O)CC1CC(=O)N(c2ccc(I)cn2)C1. The van der Waals surface area contributed by atoms with Crippen LogP contribution < -0.4 is 10.0 Å². The predicted octanol–water partition coefficient (Wildman–Crippen LogP) is 0.328. The Bertz CT molecular complexity index is 558. The first-order valence-corrected chi connectivity index (χ1v) is 8.07. The van der Waals surface area contributed by atoms with Crippen LogP contribution in [0.1, 0.15) is 6.42 Å². The number of amides is 1. The topological polar surface area (TPSA) is 93.4 Å². The van der Waals surface area contributed by atoms with Gasteiger partial charge in [0.15, 0.2) is 0 Å². The number of hydrogen-bond donors (Lipinski definition) is 1. The highest BCUT2D eigenvalue weighted by molar-refractivity contribution is 14.1. The third-order valence-electron chi connectivity index (χ3n) is 2.66. The van der Waals surface area contributed by atoms with E-state index in [2.05, 4.69) is 27.6 Å². The molecule has 0 bridgehead atoms. The molecule has 1 atom stereocenters. The van der Waals surface area contributed by atoms with Crippen molar-refractivity contribution in [3.05, 3.63) is 21.9 Å². The summed E-state index contributed by atoms with van der Waals surface area (Å²) in [5.74, 6) is 0.0165. The molecule has 1 saturated heterocycles. The van der Waals surface area contributed by atoms with Gasteiger partial charge in [0.25, 0.3) is 0 Å². The third kappa shape index (κ3) is 3.39. The Morgan fingerprint density at radius 2 is 2.22 bits per heavy atom. The lowest BCUT2D eigenvalue weighted by atomic mass is 10.1. The molecule has 1 fully saturated rings. The number of hydrogen-bond acceptors (Lipinski definition) is 4. The minimum Gasteiger partial charge on any atom is -0.296 e. The maximum absolute atomic E-state index is 11.8. The van der Waals surface area contributed by atoms with Gasteiger partial charge in [0.05, 0.1) is 5.75 Å². The van der Waals surface area contributed by atoms with E-state index in [-0.39, 0.29) is 24.0 Å². The van der Waals surface area contributed by atoms with Crippen LogP contribution in [0.4, 0.5) is 5.82 Å². The number of pyridine rings is 1. The summed E-state index contributed by atoms with van der Waals surface area (Å²) in [6.45, 7) is 0.350. The smallest absolute Gasteiger partial charge is 0.228 e. The van der Waals surface area contributed by atoms with Gasteiger partial charge in [-0.15, -0.1) is 0 Å². The predicted molar refractivity (Wildman–Crippen MR) is 75.4 cm³/mol. The molecule has 1 amide bonds. The molecule has 1 unspecified atom stereocenters. The Balaban J connectivity index is 2.12. The summed E-state index contributed by atoms with van der Waals surface area (Å²) in [6.07, 6.45) is 1.86. The number of sulfonamides is 1. The second-order valence-electron chi connectivity index (χ2n) is 4.24. The van der Waals surface area contributed by atoms with Crippen molar-refractivity contribution in [3.8, 4) is 0 Å². The van der Waals surface area contributed by atoms with Gasteiger partial charge in [-0.2, -0.15) is 0 Å². The second-order valence-corrected chi connectivity index (χ2v) is 7.14. The highest BCUT2D eigenvalue weighted by Crippen LogP contribution is 2.24. The van der Waals surface area contributed by atoms with E-state index in [1.165, 1.54) is 4.90 Å². The highest BCUT2D eigenvalue weighted by Gasteiger charge is 2.33. The van der Waals surface area contributed by atoms with Crippen molar-refractivity contribution in [3.63, 3.8) is 0 Å². The van der Waals surface area contributed by atoms with E-state index in [1.807, 2.05) is 6.07 Å². The number of carbonyl (C=O) groups is 1. The fraction of sp³-hybridized carbons (Fsp3) is 0.400. The van der Waals surface area contributed by atoms with Crippen molar-refractivity contribution >= 4 is 44.3 Å². The van der Waals surface area contributed by atoms with Crippen LogP contribution in [0.5, 0.6) is 0 Å². The molecule has 1 aliphatic rings. The lowest BCUT2D eigenvalue weighted by Crippen LogP contribution is -2.28. The quantitative estimate of drug-likeness (QED) is 0.764. The molecule has 1 aromatic rings. The molecule has 0 spiro atoms. The molecule has 0 saturated carbocycles. The van der Waals surface area contributed by atoms with Gasteiger partial charge in [0.2, 0.25) is 15.9 Å².